The maximum Gasteiger partial charge on any atom is 0.478 e. The van der Waals surface area contributed by atoms with E-state index >= 15 is 0 Å². The molecule has 15 heavy (non-hydrogen) atoms. The molecule has 0 aliphatic heterocycles. The van der Waals surface area contributed by atoms with E-state index in [9.17, 15) is 4.79 Å². The minimum absolute atomic E-state index is 0.829. The molecule has 9 heteroatoms. The van der Waals surface area contributed by atoms with E-state index in [1.54, 1.807) is 0 Å². The lowest BCUT2D eigenvalue weighted by molar-refractivity contribution is -0.121. The zero-order chi connectivity index (χ0) is 12.2. The van der Waals surface area contributed by atoms with E-state index in [0.29, 0.717) is 0 Å². The standard InChI is InChI=1S/C6H14O8P/c7-2-4(9)6(11)3(8)1-5(10)15(12,13)14/h3-4,6-9,11-14H,1-2H2/q+1/t3-,4-,6+/m1/s1. The van der Waals surface area contributed by atoms with Crippen LogP contribution in [0.1, 0.15) is 6.42 Å². The second-order valence-electron chi connectivity index (χ2n) is 2.97. The number of hydrogen-bond donors (Lipinski definition) is 7. The molecule has 7 N–H and O–H groups in total. The first-order valence-corrected chi connectivity index (χ1v) is 5.60. The molecule has 0 rings (SSSR count). The summed E-state index contributed by atoms with van der Waals surface area (Å²) >= 11 is 0. The number of aliphatic hydroxyl groups is 4. The Kier molecular flexibility index (Phi) is 5.71. The van der Waals surface area contributed by atoms with Crippen molar-refractivity contribution in [2.24, 2.45) is 0 Å². The van der Waals surface area contributed by atoms with Gasteiger partial charge in [-0.25, -0.2) is 4.79 Å². The van der Waals surface area contributed by atoms with E-state index in [-0.39, 0.29) is 0 Å². The number of carbonyl (C=O) groups excluding carboxylic acids is 1. The molecule has 0 aromatic carbocycles. The Labute approximate surface area is 85.6 Å². The topological polar surface area (TPSA) is 159 Å². The summed E-state index contributed by atoms with van der Waals surface area (Å²) in [6.45, 7) is -0.829. The highest BCUT2D eigenvalue weighted by atomic mass is 31.2. The van der Waals surface area contributed by atoms with Crippen molar-refractivity contribution in [3.63, 3.8) is 0 Å². The SMILES string of the molecule is O=C(C[C@@H](O)[C@H](O)[C@H](O)CO)[P+](O)(O)O. The van der Waals surface area contributed by atoms with Crippen LogP contribution in [0.5, 0.6) is 0 Å². The van der Waals surface area contributed by atoms with Crippen molar-refractivity contribution in [2.75, 3.05) is 6.61 Å². The number of carbonyl (C=O) groups is 1. The molecule has 0 bridgehead atoms. The monoisotopic (exact) mass is 245 g/mol. The van der Waals surface area contributed by atoms with Crippen LogP contribution in [0.4, 0.5) is 0 Å². The Morgan fingerprint density at radius 2 is 1.53 bits per heavy atom. The van der Waals surface area contributed by atoms with Gasteiger partial charge in [-0.2, -0.15) is 14.7 Å². The predicted octanol–water partition coefficient (Wildman–Crippen LogP) is -3.28. The van der Waals surface area contributed by atoms with Gasteiger partial charge in [0.2, 0.25) is 0 Å². The summed E-state index contributed by atoms with van der Waals surface area (Å²) in [5, 5.41) is 35.4. The van der Waals surface area contributed by atoms with Gasteiger partial charge in [0.1, 0.15) is 12.2 Å². The van der Waals surface area contributed by atoms with Crippen molar-refractivity contribution < 1.29 is 39.9 Å². The normalized spacial score (nSPS) is 18.3. The fourth-order valence-corrected chi connectivity index (χ4v) is 1.22. The lowest BCUT2D eigenvalue weighted by atomic mass is 10.1. The van der Waals surface area contributed by atoms with E-state index < -0.39 is 44.8 Å². The van der Waals surface area contributed by atoms with Crippen LogP contribution >= 0.6 is 7.94 Å². The first kappa shape index (κ1) is 14.8. The van der Waals surface area contributed by atoms with Gasteiger partial charge in [-0.3, -0.25) is 0 Å². The second kappa shape index (κ2) is 5.78. The van der Waals surface area contributed by atoms with Gasteiger partial charge in [0.05, 0.1) is 19.1 Å². The smallest absolute Gasteiger partial charge is 0.394 e. The summed E-state index contributed by atoms with van der Waals surface area (Å²) in [7, 11) is -4.69. The van der Waals surface area contributed by atoms with Crippen molar-refractivity contribution in [1.29, 1.82) is 0 Å². The maximum absolute atomic E-state index is 10.8. The molecule has 90 valence electrons. The highest BCUT2D eigenvalue weighted by Gasteiger charge is 2.44. The van der Waals surface area contributed by atoms with Crippen LogP contribution in [0.3, 0.4) is 0 Å². The van der Waals surface area contributed by atoms with Crippen LogP contribution in [-0.2, 0) is 4.79 Å². The average molecular weight is 245 g/mol. The number of hydrogen-bond acceptors (Lipinski definition) is 8. The molecule has 0 spiro atoms. The molecule has 0 heterocycles. The van der Waals surface area contributed by atoms with E-state index in [1.807, 2.05) is 0 Å². The zero-order valence-electron chi connectivity index (χ0n) is 7.63. The second-order valence-corrected chi connectivity index (χ2v) is 4.61. The van der Waals surface area contributed by atoms with Gasteiger partial charge < -0.3 is 20.4 Å². The molecule has 3 atom stereocenters. The van der Waals surface area contributed by atoms with Crippen LogP contribution in [0, 0.1) is 0 Å². The predicted molar refractivity (Wildman–Crippen MR) is 48.3 cm³/mol. The largest absolute Gasteiger partial charge is 0.478 e. The summed E-state index contributed by atoms with van der Waals surface area (Å²) < 4.78 is 0. The van der Waals surface area contributed by atoms with E-state index in [2.05, 4.69) is 0 Å². The summed E-state index contributed by atoms with van der Waals surface area (Å²) in [4.78, 5) is 36.2. The Hall–Kier alpha value is -0.180. The van der Waals surface area contributed by atoms with Gasteiger partial charge >= 0.3 is 13.5 Å². The Bertz CT molecular complexity index is 214. The van der Waals surface area contributed by atoms with Crippen molar-refractivity contribution in [3.05, 3.63) is 0 Å². The van der Waals surface area contributed by atoms with Crippen LogP contribution in [-0.4, -0.2) is 65.5 Å². The van der Waals surface area contributed by atoms with Crippen molar-refractivity contribution in [2.45, 2.75) is 24.7 Å². The van der Waals surface area contributed by atoms with E-state index in [1.165, 1.54) is 0 Å². The van der Waals surface area contributed by atoms with Gasteiger partial charge in [-0.05, 0) is 0 Å². The summed E-state index contributed by atoms with van der Waals surface area (Å²) in [6.07, 6.45) is -6.21. The highest BCUT2D eigenvalue weighted by Crippen LogP contribution is 2.46. The Balaban J connectivity index is 4.25. The summed E-state index contributed by atoms with van der Waals surface area (Å²) in [6, 6.07) is 0. The summed E-state index contributed by atoms with van der Waals surface area (Å²) in [5.74, 6) is 0. The lowest BCUT2D eigenvalue weighted by Crippen LogP contribution is -2.40. The van der Waals surface area contributed by atoms with Crippen molar-refractivity contribution in [1.82, 2.24) is 0 Å². The molecular formula is C6H14O8P+. The van der Waals surface area contributed by atoms with Gasteiger partial charge in [-0.15, -0.1) is 0 Å². The average Bonchev–Trinajstić information content (AvgIpc) is 2.13. The fraction of sp³-hybridized carbons (Fsp3) is 0.833. The van der Waals surface area contributed by atoms with Crippen LogP contribution in [0.15, 0.2) is 0 Å². The molecule has 0 saturated heterocycles. The molecule has 0 saturated carbocycles. The Morgan fingerprint density at radius 3 is 1.87 bits per heavy atom. The fourth-order valence-electron chi connectivity index (χ4n) is 0.787. The van der Waals surface area contributed by atoms with Gasteiger partial charge in [0.25, 0.3) is 0 Å². The molecule has 0 amide bonds. The quantitative estimate of drug-likeness (QED) is 0.240. The van der Waals surface area contributed by atoms with Crippen LogP contribution in [0.2, 0.25) is 0 Å². The molecule has 0 unspecified atom stereocenters. The minimum atomic E-state index is -4.69. The van der Waals surface area contributed by atoms with Crippen LogP contribution in [0.25, 0.3) is 0 Å². The molecular weight excluding hydrogens is 231 g/mol. The first-order valence-electron chi connectivity index (χ1n) is 3.96. The van der Waals surface area contributed by atoms with Crippen molar-refractivity contribution >= 4 is 13.5 Å². The molecule has 0 aromatic heterocycles. The van der Waals surface area contributed by atoms with Crippen LogP contribution < -0.4 is 0 Å². The third-order valence-corrected chi connectivity index (χ3v) is 2.55. The van der Waals surface area contributed by atoms with Gasteiger partial charge in [0, 0.05) is 0 Å². The van der Waals surface area contributed by atoms with Gasteiger partial charge in [-0.1, -0.05) is 0 Å². The molecule has 0 fully saturated rings. The van der Waals surface area contributed by atoms with Gasteiger partial charge in [0.15, 0.2) is 0 Å². The number of rotatable bonds is 6. The molecule has 0 aliphatic carbocycles. The third-order valence-electron chi connectivity index (χ3n) is 1.69. The Morgan fingerprint density at radius 1 is 1.07 bits per heavy atom. The molecule has 0 aliphatic rings. The number of aliphatic hydroxyl groups excluding tert-OH is 4. The lowest BCUT2D eigenvalue weighted by Gasteiger charge is -2.20. The molecule has 8 nitrogen and oxygen atoms in total. The first-order chi connectivity index (χ1) is 6.70. The minimum Gasteiger partial charge on any atom is -0.394 e. The zero-order valence-corrected chi connectivity index (χ0v) is 8.53. The maximum atomic E-state index is 10.8. The summed E-state index contributed by atoms with van der Waals surface area (Å²) in [5.41, 5.74) is -1.43. The highest BCUT2D eigenvalue weighted by molar-refractivity contribution is 7.76. The third kappa shape index (κ3) is 4.92. The van der Waals surface area contributed by atoms with Crippen molar-refractivity contribution in [3.8, 4) is 0 Å². The molecule has 0 radical (unpaired) electrons. The molecule has 0 aromatic rings. The van der Waals surface area contributed by atoms with E-state index in [0.717, 1.165) is 0 Å². The van der Waals surface area contributed by atoms with E-state index in [4.69, 9.17) is 35.1 Å².